The monoisotopic (exact) mass is 1280 g/mol. The van der Waals surface area contributed by atoms with Crippen molar-refractivity contribution in [2.45, 2.75) is 309 Å². The van der Waals surface area contributed by atoms with Gasteiger partial charge < -0.3 is 49.3 Å². The van der Waals surface area contributed by atoms with E-state index in [4.69, 9.17) is 18.9 Å². The molecule has 4 aliphatic heterocycles. The summed E-state index contributed by atoms with van der Waals surface area (Å²) in [6.45, 7) is 23.0. The zero-order valence-electron chi connectivity index (χ0n) is 56.4. The largest absolute Gasteiger partial charge is 1.00 e. The van der Waals surface area contributed by atoms with Crippen molar-refractivity contribution in [1.29, 1.82) is 0 Å². The Morgan fingerprint density at radius 2 is 0.931 bits per heavy atom. The van der Waals surface area contributed by atoms with Crippen LogP contribution in [0.15, 0.2) is 0 Å². The number of nitrogens with one attached hydrogen (secondary N) is 2. The number of aliphatic hydroxyl groups is 1. The van der Waals surface area contributed by atoms with Gasteiger partial charge in [0.15, 0.2) is 11.6 Å². The molecule has 87 heavy (non-hydrogen) atoms. The zero-order chi connectivity index (χ0) is 60.0. The number of unbranched alkanes of at least 4 members (excludes halogenated alkanes) is 1. The van der Waals surface area contributed by atoms with Gasteiger partial charge in [-0.05, 0) is 234 Å². The summed E-state index contributed by atoms with van der Waals surface area (Å²) in [6.07, 6.45) is 40.5. The third-order valence-corrected chi connectivity index (χ3v) is 30.1. The number of carbonyl (C=O) groups excluding carboxylic acids is 3. The van der Waals surface area contributed by atoms with Gasteiger partial charge in [-0.15, -0.1) is 0 Å². The molecule has 0 radical (unpaired) electrons. The maximum atomic E-state index is 13.7. The average Bonchev–Trinajstić information content (AvgIpc) is 1.61. The maximum Gasteiger partial charge on any atom is 1.00 e. The van der Waals surface area contributed by atoms with E-state index < -0.39 is 0 Å². The van der Waals surface area contributed by atoms with Gasteiger partial charge in [0, 0.05) is 61.9 Å². The first-order valence-electron chi connectivity index (χ1n) is 37.1. The number of fused-ring (bicyclic) bond motifs is 14. The van der Waals surface area contributed by atoms with Crippen molar-refractivity contribution >= 4 is 18.3 Å². The summed E-state index contributed by atoms with van der Waals surface area (Å²) in [7, 11) is 0. The van der Waals surface area contributed by atoms with Crippen molar-refractivity contribution in [2.24, 2.45) is 105 Å². The first-order valence-corrected chi connectivity index (χ1v) is 37.1. The van der Waals surface area contributed by atoms with E-state index in [0.717, 1.165) is 119 Å². The van der Waals surface area contributed by atoms with Gasteiger partial charge in [0.1, 0.15) is 0 Å². The summed E-state index contributed by atoms with van der Waals surface area (Å²) >= 11 is 0. The molecule has 24 atom stereocenters. The number of nitrogens with zero attached hydrogens (tertiary/aromatic N) is 2. The van der Waals surface area contributed by atoms with Crippen LogP contribution in [0.2, 0.25) is 0 Å². The predicted molar refractivity (Wildman–Crippen MR) is 337 cm³/mol. The van der Waals surface area contributed by atoms with Crippen molar-refractivity contribution in [3.05, 3.63) is 0 Å². The van der Waals surface area contributed by atoms with Gasteiger partial charge in [0.05, 0.1) is 32.0 Å². The van der Waals surface area contributed by atoms with Crippen LogP contribution >= 0.6 is 0 Å². The summed E-state index contributed by atoms with van der Waals surface area (Å²) in [5, 5.41) is 16.7. The topological polar surface area (TPSA) is 139 Å². The number of rotatable bonds is 10. The van der Waals surface area contributed by atoms with Gasteiger partial charge in [-0.1, -0.05) is 100 Å². The summed E-state index contributed by atoms with van der Waals surface area (Å²) in [5.41, 5.74) is 1.54. The van der Waals surface area contributed by atoms with Crippen LogP contribution in [0.5, 0.6) is 0 Å². The van der Waals surface area contributed by atoms with Gasteiger partial charge in [-0.3, -0.25) is 6.29 Å². The summed E-state index contributed by atoms with van der Waals surface area (Å²) in [5.74, 6) is 9.17. The van der Waals surface area contributed by atoms with E-state index in [1.807, 2.05) is 11.2 Å². The molecule has 0 aromatic rings. The summed E-state index contributed by atoms with van der Waals surface area (Å²) < 4.78 is 27.1. The van der Waals surface area contributed by atoms with Crippen LogP contribution in [0.3, 0.4) is 0 Å². The molecule has 0 aromatic heterocycles. The van der Waals surface area contributed by atoms with Crippen LogP contribution in [0.4, 0.5) is 9.59 Å². The summed E-state index contributed by atoms with van der Waals surface area (Å²) in [6, 6.07) is 1.39. The second-order valence-corrected chi connectivity index (χ2v) is 34.1. The van der Waals surface area contributed by atoms with Gasteiger partial charge in [-0.25, -0.2) is 9.59 Å². The van der Waals surface area contributed by atoms with E-state index in [2.05, 4.69) is 70.9 Å². The molecule has 2 spiro atoms. The van der Waals surface area contributed by atoms with Crippen molar-refractivity contribution < 1.29 is 96.6 Å². The number of carbonyl (C=O) groups is 2. The van der Waals surface area contributed by atoms with E-state index in [0.29, 0.717) is 113 Å². The van der Waals surface area contributed by atoms with E-state index in [-0.39, 0.29) is 101 Å². The molecule has 14 aliphatic rings. The maximum absolute atomic E-state index is 13.7. The molecule has 0 bridgehead atoms. The molecule has 14 fully saturated rings. The third kappa shape index (κ3) is 12.0. The second-order valence-electron chi connectivity index (χ2n) is 34.1. The van der Waals surface area contributed by atoms with E-state index in [1.54, 1.807) is 0 Å². The molecule has 12 nitrogen and oxygen atoms in total. The Bertz CT molecular complexity index is 2370. The number of aliphatic hydroxyl groups excluding tert-OH is 1. The fourth-order valence-corrected chi connectivity index (χ4v) is 25.4. The number of urea groups is 2. The normalized spacial score (nSPS) is 48.9. The molecule has 4 amide bonds. The van der Waals surface area contributed by atoms with Gasteiger partial charge in [0.2, 0.25) is 0 Å². The van der Waals surface area contributed by atoms with E-state index >= 15 is 0 Å². The van der Waals surface area contributed by atoms with Crippen LogP contribution in [0.25, 0.3) is 0 Å². The van der Waals surface area contributed by atoms with Crippen LogP contribution in [-0.2, 0) is 23.7 Å². The standard InChI is InChI=1S/C38H61N2O4.C36H60N2O4.Rb/c1-25-14-19-38(43-24-25)26(2)34-33(44-38)23-32-30-13-12-27-22-28(15-17-36(27,3)31(30)16-18-37(32,34)4)39-35(42)40(20-8-9-21-41)29-10-6-5-7-11-29;1-23-12-17-36(41-22-23)24(2)32-31(42-36)21-30-28-11-10-25-20-26(13-15-34(25,3)29(28)14-16-35(30,32)4)37-33(40)38(18-19-39)27-8-6-5-7-9-27;/h25-34H,5-20,22-24H2,1-4H3,(H,39,42);23-32,39H,5-22H2,1-4H3,(H,37,40);/q-1;;+1/t25-,26-,27+,28+,30+,31-,32-,33-,34-,36-,37-,38+;23-,24-,25+,26+,28+,29-,30-,31-,32-,34-,35-,36+;/m00./s1. The van der Waals surface area contributed by atoms with E-state index in [1.165, 1.54) is 128 Å². The van der Waals surface area contributed by atoms with Crippen LogP contribution < -0.4 is 68.8 Å². The molecule has 10 aliphatic carbocycles. The average molecular weight is 1280 g/mol. The Balaban J connectivity index is 0.000000168. The molecule has 4 saturated heterocycles. The van der Waals surface area contributed by atoms with E-state index in [9.17, 15) is 19.5 Å². The molecule has 0 aromatic carbocycles. The van der Waals surface area contributed by atoms with Crippen LogP contribution in [-0.4, -0.2) is 114 Å². The van der Waals surface area contributed by atoms with Crippen molar-refractivity contribution in [3.8, 4) is 0 Å². The molecule has 14 rings (SSSR count). The van der Waals surface area contributed by atoms with Crippen molar-refractivity contribution in [1.82, 2.24) is 20.4 Å². The summed E-state index contributed by atoms with van der Waals surface area (Å²) in [4.78, 5) is 42.1. The minimum atomic E-state index is -0.321. The molecule has 0 unspecified atom stereocenters. The Morgan fingerprint density at radius 1 is 0.506 bits per heavy atom. The number of hydrogen-bond acceptors (Lipinski definition) is 8. The van der Waals surface area contributed by atoms with Gasteiger partial charge in [0.25, 0.3) is 0 Å². The van der Waals surface area contributed by atoms with Crippen molar-refractivity contribution in [2.75, 3.05) is 32.9 Å². The minimum Gasteiger partial charge on any atom is -0.542 e. The Kier molecular flexibility index (Phi) is 20.6. The molecule has 486 valence electrons. The van der Waals surface area contributed by atoms with Gasteiger partial charge in [-0.2, -0.15) is 6.42 Å². The van der Waals surface area contributed by atoms with Crippen molar-refractivity contribution in [3.63, 3.8) is 0 Å². The smallest absolute Gasteiger partial charge is 0.542 e. The fourth-order valence-electron chi connectivity index (χ4n) is 25.4. The molecular weight excluding hydrogens is 1160 g/mol. The number of hydrogen-bond donors (Lipinski definition) is 3. The molecule has 13 heteroatoms. The predicted octanol–water partition coefficient (Wildman–Crippen LogP) is 12.2. The quantitative estimate of drug-likeness (QED) is 0.145. The SMILES string of the molecule is C[C@H]1CC[C@@]2(OC1)O[C@H]1C[C@H]3[C@@H]4CC[C@@H]5C[C@H](NC(=O)N(CCC[C-]=O)C6CCCCC6)CC[C@]5(C)[C@H]4CC[C@]3(C)[C@H]1[C@@H]2C.C[C@H]1CC[C@@]2(OC1)O[C@H]1C[C@H]3[C@@H]4CC[C@@H]5C[C@H](NC(=O)N(CCO)C6CCCCC6)CC[C@]5(C)[C@H]4CC[C@]3(C)[C@H]1[C@@H]2C.[Rb+]. The minimum absolute atomic E-state index is 0. The molecule has 3 N–H and O–H groups in total. The molecular formula is C74H121N4O8Rb. The molecule has 4 heterocycles. The first kappa shape index (κ1) is 66.8. The number of amides is 4. The Labute approximate surface area is 576 Å². The van der Waals surface area contributed by atoms with Crippen LogP contribution in [0.1, 0.15) is 261 Å². The zero-order valence-corrected chi connectivity index (χ0v) is 61.3. The Hall–Kier alpha value is -0.185. The Morgan fingerprint density at radius 3 is 1.33 bits per heavy atom. The second kappa shape index (κ2) is 26.8. The number of ether oxygens (including phenoxy) is 4. The fraction of sp³-hybridized carbons (Fsp3) is 0.959. The molecule has 10 saturated carbocycles. The third-order valence-electron chi connectivity index (χ3n) is 30.1. The van der Waals surface area contributed by atoms with Crippen LogP contribution in [0, 0.1) is 105 Å². The van der Waals surface area contributed by atoms with Gasteiger partial charge >= 0.3 is 70.2 Å². The first-order chi connectivity index (χ1) is 41.4.